The van der Waals surface area contributed by atoms with Gasteiger partial charge in [0.15, 0.2) is 11.5 Å². The van der Waals surface area contributed by atoms with E-state index in [-0.39, 0.29) is 12.4 Å². The molecule has 1 heterocycles. The standard InChI is InChI=1S/C15H21N3O3.ClH/c1-5-8-15(2,16)14-17-13(18-21-14)10-6-7-11(19-3)12(9-10)20-4;/h6-7,9H,5,8,16H2,1-4H3;1H. The average Bonchev–Trinajstić information content (AvgIpc) is 2.97. The van der Waals surface area contributed by atoms with Crippen LogP contribution in [-0.2, 0) is 5.54 Å². The van der Waals surface area contributed by atoms with Crippen LogP contribution < -0.4 is 15.2 Å². The molecule has 122 valence electrons. The van der Waals surface area contributed by atoms with Gasteiger partial charge in [0.25, 0.3) is 0 Å². The molecule has 1 unspecified atom stereocenters. The number of hydrogen-bond acceptors (Lipinski definition) is 6. The van der Waals surface area contributed by atoms with Crippen LogP contribution in [0.5, 0.6) is 11.5 Å². The molecule has 0 radical (unpaired) electrons. The lowest BCUT2D eigenvalue weighted by Gasteiger charge is -2.18. The molecule has 0 aliphatic carbocycles. The van der Waals surface area contributed by atoms with Crippen LogP contribution in [0.25, 0.3) is 11.4 Å². The fraction of sp³-hybridized carbons (Fsp3) is 0.467. The van der Waals surface area contributed by atoms with Gasteiger partial charge in [-0.05, 0) is 31.5 Å². The molecular formula is C15H22ClN3O3. The summed E-state index contributed by atoms with van der Waals surface area (Å²) in [5, 5.41) is 4.00. The van der Waals surface area contributed by atoms with Gasteiger partial charge in [-0.1, -0.05) is 18.5 Å². The third kappa shape index (κ3) is 3.69. The Bertz CT molecular complexity index is 614. The molecule has 7 heteroatoms. The maximum atomic E-state index is 6.20. The van der Waals surface area contributed by atoms with Crippen LogP contribution in [0.4, 0.5) is 0 Å². The first kappa shape index (κ1) is 18.3. The van der Waals surface area contributed by atoms with Crippen molar-refractivity contribution in [1.29, 1.82) is 0 Å². The second kappa shape index (κ2) is 7.47. The van der Waals surface area contributed by atoms with Crippen molar-refractivity contribution >= 4 is 12.4 Å². The number of methoxy groups -OCH3 is 2. The minimum absolute atomic E-state index is 0. The van der Waals surface area contributed by atoms with Crippen molar-refractivity contribution in [2.75, 3.05) is 14.2 Å². The maximum Gasteiger partial charge on any atom is 0.246 e. The molecule has 0 amide bonds. The van der Waals surface area contributed by atoms with Crippen LogP contribution in [0.15, 0.2) is 22.7 Å². The molecule has 1 aromatic heterocycles. The Labute approximate surface area is 136 Å². The van der Waals surface area contributed by atoms with Gasteiger partial charge in [-0.15, -0.1) is 12.4 Å². The lowest BCUT2D eigenvalue weighted by atomic mass is 9.98. The fourth-order valence-electron chi connectivity index (χ4n) is 2.17. The Morgan fingerprint density at radius 3 is 2.50 bits per heavy atom. The lowest BCUT2D eigenvalue weighted by molar-refractivity contribution is 0.284. The zero-order valence-electron chi connectivity index (χ0n) is 13.3. The van der Waals surface area contributed by atoms with Gasteiger partial charge in [0.05, 0.1) is 19.8 Å². The van der Waals surface area contributed by atoms with E-state index in [1.807, 2.05) is 13.0 Å². The number of benzene rings is 1. The third-order valence-corrected chi connectivity index (χ3v) is 3.33. The van der Waals surface area contributed by atoms with Gasteiger partial charge >= 0.3 is 0 Å². The van der Waals surface area contributed by atoms with E-state index < -0.39 is 5.54 Å². The maximum absolute atomic E-state index is 6.20. The first-order chi connectivity index (χ1) is 10.0. The summed E-state index contributed by atoms with van der Waals surface area (Å²) in [6.07, 6.45) is 1.72. The molecule has 0 fully saturated rings. The van der Waals surface area contributed by atoms with Crippen LogP contribution in [0.3, 0.4) is 0 Å². The molecule has 0 bridgehead atoms. The second-order valence-corrected chi connectivity index (χ2v) is 5.16. The van der Waals surface area contributed by atoms with E-state index in [1.54, 1.807) is 26.4 Å². The van der Waals surface area contributed by atoms with Crippen LogP contribution in [0.2, 0.25) is 0 Å². The number of hydrogen-bond donors (Lipinski definition) is 1. The van der Waals surface area contributed by atoms with Gasteiger partial charge in [-0.2, -0.15) is 4.98 Å². The van der Waals surface area contributed by atoms with Crippen molar-refractivity contribution in [2.24, 2.45) is 5.73 Å². The quantitative estimate of drug-likeness (QED) is 0.877. The van der Waals surface area contributed by atoms with Gasteiger partial charge in [0, 0.05) is 5.56 Å². The average molecular weight is 328 g/mol. The molecule has 0 saturated carbocycles. The molecule has 2 N–H and O–H groups in total. The van der Waals surface area contributed by atoms with E-state index in [0.717, 1.165) is 18.4 Å². The molecule has 6 nitrogen and oxygen atoms in total. The fourth-order valence-corrected chi connectivity index (χ4v) is 2.17. The van der Waals surface area contributed by atoms with Crippen LogP contribution >= 0.6 is 12.4 Å². The molecule has 22 heavy (non-hydrogen) atoms. The smallest absolute Gasteiger partial charge is 0.246 e. The summed E-state index contributed by atoms with van der Waals surface area (Å²) in [7, 11) is 3.18. The Morgan fingerprint density at radius 1 is 1.23 bits per heavy atom. The molecule has 2 rings (SSSR count). The molecular weight excluding hydrogens is 306 g/mol. The monoisotopic (exact) mass is 327 g/mol. The number of aromatic nitrogens is 2. The molecule has 0 saturated heterocycles. The largest absolute Gasteiger partial charge is 0.493 e. The molecule has 2 aromatic rings. The highest BCUT2D eigenvalue weighted by Gasteiger charge is 2.27. The van der Waals surface area contributed by atoms with E-state index in [2.05, 4.69) is 17.1 Å². The van der Waals surface area contributed by atoms with Crippen LogP contribution in [-0.4, -0.2) is 24.4 Å². The molecule has 0 spiro atoms. The number of ether oxygens (including phenoxy) is 2. The predicted octanol–water partition coefficient (Wildman–Crippen LogP) is 3.15. The zero-order chi connectivity index (χ0) is 15.5. The SMILES string of the molecule is CCCC(C)(N)c1nc(-c2ccc(OC)c(OC)c2)no1.Cl. The summed E-state index contributed by atoms with van der Waals surface area (Å²) in [6.45, 7) is 3.96. The second-order valence-electron chi connectivity index (χ2n) is 5.16. The van der Waals surface area contributed by atoms with Crippen LogP contribution in [0.1, 0.15) is 32.6 Å². The van der Waals surface area contributed by atoms with E-state index >= 15 is 0 Å². The summed E-state index contributed by atoms with van der Waals surface area (Å²) in [5.41, 5.74) is 6.37. The molecule has 1 aromatic carbocycles. The van der Waals surface area contributed by atoms with Gasteiger partial charge in [-0.3, -0.25) is 0 Å². The highest BCUT2D eigenvalue weighted by Crippen LogP contribution is 2.32. The van der Waals surface area contributed by atoms with Crippen molar-refractivity contribution in [3.05, 3.63) is 24.1 Å². The molecule has 0 aliphatic heterocycles. The Hall–Kier alpha value is -1.79. The van der Waals surface area contributed by atoms with E-state index in [4.69, 9.17) is 19.7 Å². The number of rotatable bonds is 6. The highest BCUT2D eigenvalue weighted by atomic mass is 35.5. The van der Waals surface area contributed by atoms with E-state index in [1.165, 1.54) is 0 Å². The predicted molar refractivity (Wildman–Crippen MR) is 86.5 cm³/mol. The highest BCUT2D eigenvalue weighted by molar-refractivity contribution is 5.85. The minimum atomic E-state index is -0.615. The number of nitrogens with two attached hydrogens (primary N) is 1. The van der Waals surface area contributed by atoms with Gasteiger partial charge in [-0.25, -0.2) is 0 Å². The first-order valence-electron chi connectivity index (χ1n) is 6.87. The van der Waals surface area contributed by atoms with Crippen LogP contribution in [0, 0.1) is 0 Å². The minimum Gasteiger partial charge on any atom is -0.493 e. The lowest BCUT2D eigenvalue weighted by Crippen LogP contribution is -2.33. The third-order valence-electron chi connectivity index (χ3n) is 3.33. The summed E-state index contributed by atoms with van der Waals surface area (Å²) in [5.74, 6) is 2.19. The summed E-state index contributed by atoms with van der Waals surface area (Å²) in [4.78, 5) is 4.40. The van der Waals surface area contributed by atoms with Crippen molar-refractivity contribution in [3.63, 3.8) is 0 Å². The van der Waals surface area contributed by atoms with E-state index in [0.29, 0.717) is 23.2 Å². The van der Waals surface area contributed by atoms with Crippen molar-refractivity contribution in [2.45, 2.75) is 32.2 Å². The van der Waals surface area contributed by atoms with Gasteiger partial charge < -0.3 is 19.7 Å². The van der Waals surface area contributed by atoms with Gasteiger partial charge in [0.1, 0.15) is 0 Å². The summed E-state index contributed by atoms with van der Waals surface area (Å²) in [6, 6.07) is 5.46. The molecule has 1 atom stereocenters. The first-order valence-corrected chi connectivity index (χ1v) is 6.87. The van der Waals surface area contributed by atoms with Crippen molar-refractivity contribution < 1.29 is 14.0 Å². The summed E-state index contributed by atoms with van der Waals surface area (Å²) >= 11 is 0. The number of nitrogens with zero attached hydrogens (tertiary/aromatic N) is 2. The van der Waals surface area contributed by atoms with Gasteiger partial charge in [0.2, 0.25) is 11.7 Å². The van der Waals surface area contributed by atoms with Crippen molar-refractivity contribution in [3.8, 4) is 22.9 Å². The zero-order valence-corrected chi connectivity index (χ0v) is 14.1. The van der Waals surface area contributed by atoms with E-state index in [9.17, 15) is 0 Å². The topological polar surface area (TPSA) is 83.4 Å². The number of halogens is 1. The Kier molecular flexibility index (Phi) is 6.20. The molecule has 0 aliphatic rings. The Balaban J connectivity index is 0.00000242. The summed E-state index contributed by atoms with van der Waals surface area (Å²) < 4.78 is 15.8. The Morgan fingerprint density at radius 2 is 1.91 bits per heavy atom. The van der Waals surface area contributed by atoms with Crippen molar-refractivity contribution in [1.82, 2.24) is 10.1 Å². The normalized spacial score (nSPS) is 13.1.